The highest BCUT2D eigenvalue weighted by atomic mass is 16.5. The summed E-state index contributed by atoms with van der Waals surface area (Å²) in [5, 5.41) is 11.5. The summed E-state index contributed by atoms with van der Waals surface area (Å²) in [6.07, 6.45) is 1.12. The number of aliphatic hydroxyl groups is 1. The second-order valence-corrected chi connectivity index (χ2v) is 4.63. The number of aromatic nitrogens is 1. The summed E-state index contributed by atoms with van der Waals surface area (Å²) in [5.41, 5.74) is 2.63. The van der Waals surface area contributed by atoms with E-state index >= 15 is 0 Å². The van der Waals surface area contributed by atoms with Crippen molar-refractivity contribution >= 4 is 10.9 Å². The molecule has 0 radical (unpaired) electrons. The van der Waals surface area contributed by atoms with Gasteiger partial charge in [0.1, 0.15) is 11.9 Å². The van der Waals surface area contributed by atoms with Crippen molar-refractivity contribution < 1.29 is 9.84 Å². The van der Waals surface area contributed by atoms with E-state index in [1.54, 1.807) is 13.3 Å². The third-order valence-electron chi connectivity index (χ3n) is 3.37. The molecule has 3 heteroatoms. The van der Waals surface area contributed by atoms with Gasteiger partial charge in [0, 0.05) is 11.6 Å². The molecule has 0 spiro atoms. The highest BCUT2D eigenvalue weighted by molar-refractivity contribution is 5.79. The first-order chi connectivity index (χ1) is 9.78. The van der Waals surface area contributed by atoms with Crippen LogP contribution < -0.4 is 4.74 Å². The second-order valence-electron chi connectivity index (χ2n) is 4.63. The Balaban J connectivity index is 1.96. The molecule has 1 unspecified atom stereocenters. The summed E-state index contributed by atoms with van der Waals surface area (Å²) in [7, 11) is 1.63. The second kappa shape index (κ2) is 5.31. The fourth-order valence-electron chi connectivity index (χ4n) is 2.24. The van der Waals surface area contributed by atoms with Gasteiger partial charge in [-0.3, -0.25) is 4.98 Å². The number of pyridine rings is 1. The van der Waals surface area contributed by atoms with Crippen LogP contribution in [0.25, 0.3) is 10.9 Å². The van der Waals surface area contributed by atoms with Crippen molar-refractivity contribution in [2.75, 3.05) is 7.11 Å². The zero-order chi connectivity index (χ0) is 13.9. The van der Waals surface area contributed by atoms with E-state index in [9.17, 15) is 5.11 Å². The van der Waals surface area contributed by atoms with E-state index < -0.39 is 6.10 Å². The van der Waals surface area contributed by atoms with Crippen LogP contribution >= 0.6 is 0 Å². The molecule has 1 heterocycles. The molecule has 2 aromatic carbocycles. The van der Waals surface area contributed by atoms with E-state index in [4.69, 9.17) is 4.74 Å². The topological polar surface area (TPSA) is 42.4 Å². The van der Waals surface area contributed by atoms with Crippen LogP contribution in [0.2, 0.25) is 0 Å². The molecule has 0 aliphatic heterocycles. The van der Waals surface area contributed by atoms with Crippen molar-refractivity contribution in [1.82, 2.24) is 4.98 Å². The van der Waals surface area contributed by atoms with Crippen molar-refractivity contribution in [2.24, 2.45) is 0 Å². The molecule has 1 N–H and O–H groups in total. The lowest BCUT2D eigenvalue weighted by atomic mass is 10.00. The molecule has 1 aromatic heterocycles. The maximum atomic E-state index is 10.5. The Morgan fingerprint density at radius 1 is 1.00 bits per heavy atom. The number of hydrogen-bond acceptors (Lipinski definition) is 3. The monoisotopic (exact) mass is 265 g/mol. The lowest BCUT2D eigenvalue weighted by Gasteiger charge is -2.12. The van der Waals surface area contributed by atoms with Crippen LogP contribution in [0.3, 0.4) is 0 Å². The van der Waals surface area contributed by atoms with E-state index in [0.717, 1.165) is 27.8 Å². The Hall–Kier alpha value is -2.39. The van der Waals surface area contributed by atoms with Crippen LogP contribution in [-0.4, -0.2) is 17.2 Å². The quantitative estimate of drug-likeness (QED) is 0.790. The Labute approximate surface area is 117 Å². The fourth-order valence-corrected chi connectivity index (χ4v) is 2.24. The van der Waals surface area contributed by atoms with Gasteiger partial charge in [-0.1, -0.05) is 24.3 Å². The van der Waals surface area contributed by atoms with E-state index in [1.165, 1.54) is 0 Å². The Bertz CT molecular complexity index is 722. The van der Waals surface area contributed by atoms with Gasteiger partial charge in [0.05, 0.1) is 12.6 Å². The Morgan fingerprint density at radius 3 is 2.50 bits per heavy atom. The SMILES string of the molecule is COc1ccc(C(O)c2ccc3ncccc3c2)cc1. The molecular formula is C17H15NO2. The first-order valence-corrected chi connectivity index (χ1v) is 6.44. The molecule has 0 bridgehead atoms. The number of benzene rings is 2. The number of rotatable bonds is 3. The number of nitrogens with zero attached hydrogens (tertiary/aromatic N) is 1. The van der Waals surface area contributed by atoms with Gasteiger partial charge in [-0.05, 0) is 41.5 Å². The lowest BCUT2D eigenvalue weighted by molar-refractivity contribution is 0.220. The molecule has 0 saturated carbocycles. The zero-order valence-electron chi connectivity index (χ0n) is 11.2. The highest BCUT2D eigenvalue weighted by Crippen LogP contribution is 2.26. The summed E-state index contributed by atoms with van der Waals surface area (Å²) in [4.78, 5) is 4.28. The normalized spacial score (nSPS) is 12.3. The predicted molar refractivity (Wildman–Crippen MR) is 78.8 cm³/mol. The first-order valence-electron chi connectivity index (χ1n) is 6.44. The van der Waals surface area contributed by atoms with Crippen LogP contribution in [0.5, 0.6) is 5.75 Å². The van der Waals surface area contributed by atoms with Crippen LogP contribution in [0.1, 0.15) is 17.2 Å². The summed E-state index contributed by atoms with van der Waals surface area (Å²) in [5.74, 6) is 0.781. The molecule has 3 rings (SSSR count). The van der Waals surface area contributed by atoms with Gasteiger partial charge in [-0.15, -0.1) is 0 Å². The minimum atomic E-state index is -0.648. The molecule has 20 heavy (non-hydrogen) atoms. The van der Waals surface area contributed by atoms with Crippen LogP contribution in [0.15, 0.2) is 60.8 Å². The van der Waals surface area contributed by atoms with Gasteiger partial charge in [-0.2, -0.15) is 0 Å². The van der Waals surface area contributed by atoms with E-state index in [1.807, 2.05) is 54.6 Å². The first kappa shape index (κ1) is 12.6. The summed E-state index contributed by atoms with van der Waals surface area (Å²) in [6.45, 7) is 0. The smallest absolute Gasteiger partial charge is 0.118 e. The standard InChI is InChI=1S/C17H15NO2/c1-20-15-7-4-12(5-8-15)17(19)14-6-9-16-13(11-14)3-2-10-18-16/h2-11,17,19H,1H3. The van der Waals surface area contributed by atoms with Crippen LogP contribution in [0, 0.1) is 0 Å². The number of methoxy groups -OCH3 is 1. The van der Waals surface area contributed by atoms with Crippen molar-refractivity contribution in [3.05, 3.63) is 71.9 Å². The van der Waals surface area contributed by atoms with Crippen molar-refractivity contribution in [2.45, 2.75) is 6.10 Å². The number of ether oxygens (including phenoxy) is 1. The van der Waals surface area contributed by atoms with Gasteiger partial charge in [0.15, 0.2) is 0 Å². The number of aliphatic hydroxyl groups excluding tert-OH is 1. The largest absolute Gasteiger partial charge is 0.497 e. The maximum absolute atomic E-state index is 10.5. The summed E-state index contributed by atoms with van der Waals surface area (Å²) < 4.78 is 5.12. The van der Waals surface area contributed by atoms with E-state index in [-0.39, 0.29) is 0 Å². The molecular weight excluding hydrogens is 250 g/mol. The molecule has 0 saturated heterocycles. The van der Waals surface area contributed by atoms with Gasteiger partial charge in [-0.25, -0.2) is 0 Å². The number of fused-ring (bicyclic) bond motifs is 1. The van der Waals surface area contributed by atoms with Gasteiger partial charge >= 0.3 is 0 Å². The Morgan fingerprint density at radius 2 is 1.75 bits per heavy atom. The van der Waals surface area contributed by atoms with Crippen LogP contribution in [0.4, 0.5) is 0 Å². The van der Waals surface area contributed by atoms with Gasteiger partial charge in [0.2, 0.25) is 0 Å². The van der Waals surface area contributed by atoms with Crippen LogP contribution in [-0.2, 0) is 0 Å². The van der Waals surface area contributed by atoms with Crippen molar-refractivity contribution in [3.8, 4) is 5.75 Å². The van der Waals surface area contributed by atoms with Gasteiger partial charge < -0.3 is 9.84 Å². The van der Waals surface area contributed by atoms with E-state index in [2.05, 4.69) is 4.98 Å². The third kappa shape index (κ3) is 2.36. The van der Waals surface area contributed by atoms with Gasteiger partial charge in [0.25, 0.3) is 0 Å². The molecule has 1 atom stereocenters. The predicted octanol–water partition coefficient (Wildman–Crippen LogP) is 3.33. The number of hydrogen-bond donors (Lipinski definition) is 1. The minimum Gasteiger partial charge on any atom is -0.497 e. The maximum Gasteiger partial charge on any atom is 0.118 e. The van der Waals surface area contributed by atoms with Crippen molar-refractivity contribution in [3.63, 3.8) is 0 Å². The summed E-state index contributed by atoms with van der Waals surface area (Å²) in [6, 6.07) is 17.1. The average molecular weight is 265 g/mol. The zero-order valence-corrected chi connectivity index (χ0v) is 11.2. The molecule has 0 aliphatic rings. The molecule has 100 valence electrons. The Kier molecular flexibility index (Phi) is 3.35. The molecule has 0 fully saturated rings. The lowest BCUT2D eigenvalue weighted by Crippen LogP contribution is -1.99. The highest BCUT2D eigenvalue weighted by Gasteiger charge is 2.11. The molecule has 0 amide bonds. The fraction of sp³-hybridized carbons (Fsp3) is 0.118. The van der Waals surface area contributed by atoms with E-state index in [0.29, 0.717) is 0 Å². The van der Waals surface area contributed by atoms with Crippen molar-refractivity contribution in [1.29, 1.82) is 0 Å². The minimum absolute atomic E-state index is 0.648. The summed E-state index contributed by atoms with van der Waals surface area (Å²) >= 11 is 0. The average Bonchev–Trinajstić information content (AvgIpc) is 2.54. The molecule has 3 aromatic rings. The molecule has 0 aliphatic carbocycles. The molecule has 3 nitrogen and oxygen atoms in total. The third-order valence-corrected chi connectivity index (χ3v) is 3.37.